The summed E-state index contributed by atoms with van der Waals surface area (Å²) in [5.41, 5.74) is 0.237. The van der Waals surface area contributed by atoms with E-state index in [0.29, 0.717) is 10.5 Å². The number of urea groups is 1. The molecular formula is C20H20BrN3O7P2. The van der Waals surface area contributed by atoms with E-state index >= 15 is 0 Å². The number of halogens is 1. The fraction of sp³-hybridized carbons (Fsp3) is 0.150. The van der Waals surface area contributed by atoms with Gasteiger partial charge >= 0.3 is 18.1 Å². The highest BCUT2D eigenvalue weighted by molar-refractivity contribution is 9.09. The Hall–Kier alpha value is -2.87. The molecule has 3 amide bonds. The molecule has 10 nitrogen and oxygen atoms in total. The number of esters is 1. The van der Waals surface area contributed by atoms with Crippen molar-refractivity contribution in [2.45, 2.75) is 6.04 Å². The molecule has 1 aliphatic rings. The van der Waals surface area contributed by atoms with Gasteiger partial charge in [-0.1, -0.05) is 34.6 Å². The van der Waals surface area contributed by atoms with Crippen LogP contribution in [-0.4, -0.2) is 40.4 Å². The number of nitrogens with one attached hydrogen (secondary N) is 1. The lowest BCUT2D eigenvalue weighted by Crippen LogP contribution is -2.52. The van der Waals surface area contributed by atoms with E-state index in [2.05, 4.69) is 52.9 Å². The van der Waals surface area contributed by atoms with E-state index in [4.69, 9.17) is 9.47 Å². The highest BCUT2D eigenvalue weighted by Gasteiger charge is 2.43. The van der Waals surface area contributed by atoms with Gasteiger partial charge in [-0.3, -0.25) is 10.1 Å². The van der Waals surface area contributed by atoms with Crippen LogP contribution in [0.15, 0.2) is 66.2 Å². The minimum absolute atomic E-state index is 0.0229. The summed E-state index contributed by atoms with van der Waals surface area (Å²) in [4.78, 5) is 49.2. The Kier molecular flexibility index (Phi) is 9.05. The van der Waals surface area contributed by atoms with E-state index in [9.17, 15) is 24.5 Å². The van der Waals surface area contributed by atoms with Crippen molar-refractivity contribution in [1.82, 2.24) is 10.2 Å². The van der Waals surface area contributed by atoms with Gasteiger partial charge in [0.15, 0.2) is 0 Å². The first-order valence-electron chi connectivity index (χ1n) is 9.06. The van der Waals surface area contributed by atoms with Crippen molar-refractivity contribution < 1.29 is 28.8 Å². The van der Waals surface area contributed by atoms with Crippen LogP contribution in [0.4, 0.5) is 9.59 Å². The van der Waals surface area contributed by atoms with Crippen LogP contribution in [-0.2, 0) is 14.3 Å². The summed E-state index contributed by atoms with van der Waals surface area (Å²) in [5.74, 6) is -1.04. The van der Waals surface area contributed by atoms with Crippen molar-refractivity contribution in [3.63, 3.8) is 0 Å². The van der Waals surface area contributed by atoms with E-state index in [-0.39, 0.29) is 22.4 Å². The van der Waals surface area contributed by atoms with Crippen LogP contribution in [0.5, 0.6) is 0 Å². The third-order valence-corrected chi connectivity index (χ3v) is 6.33. The molecule has 0 aromatic heterocycles. The number of allylic oxidation sites excluding steroid dienone is 3. The van der Waals surface area contributed by atoms with Crippen molar-refractivity contribution >= 4 is 63.1 Å². The summed E-state index contributed by atoms with van der Waals surface area (Å²) in [6.45, 7) is 6.72. The van der Waals surface area contributed by atoms with Gasteiger partial charge in [0.1, 0.15) is 11.8 Å². The van der Waals surface area contributed by atoms with Crippen LogP contribution in [0.25, 0.3) is 0 Å². The molecule has 1 aromatic rings. The van der Waals surface area contributed by atoms with E-state index in [1.807, 2.05) is 0 Å². The number of nitro groups is 1. The quantitative estimate of drug-likeness (QED) is 0.104. The first-order chi connectivity index (χ1) is 15.5. The molecule has 2 rings (SSSR count). The lowest BCUT2D eigenvalue weighted by atomic mass is 9.94. The molecule has 0 bridgehead atoms. The molecular weight excluding hydrogens is 536 g/mol. The molecule has 0 aliphatic carbocycles. The molecule has 3 atom stereocenters. The first-order valence-corrected chi connectivity index (χ1v) is 11.3. The SMILES string of the molecule is C=C(/C=C\C(=C)[N+](=O)[O-])OC(=O)N1C(=O)NC(CBr)=C(C(=O)OC)C1c1ccc(P)c(P)c1. The zero-order valence-corrected chi connectivity index (χ0v) is 21.3. The molecule has 0 saturated heterocycles. The largest absolute Gasteiger partial charge is 0.466 e. The monoisotopic (exact) mass is 555 g/mol. The first kappa shape index (κ1) is 26.4. The number of amides is 3. The highest BCUT2D eigenvalue weighted by atomic mass is 79.9. The van der Waals surface area contributed by atoms with Crippen LogP contribution >= 0.6 is 34.4 Å². The molecule has 0 saturated carbocycles. The zero-order valence-electron chi connectivity index (χ0n) is 17.4. The average molecular weight is 556 g/mol. The molecule has 1 heterocycles. The Labute approximate surface area is 202 Å². The van der Waals surface area contributed by atoms with Crippen LogP contribution in [0.2, 0.25) is 0 Å². The van der Waals surface area contributed by atoms with E-state index in [1.54, 1.807) is 18.2 Å². The predicted molar refractivity (Wildman–Crippen MR) is 132 cm³/mol. The van der Waals surface area contributed by atoms with Crippen molar-refractivity contribution in [1.29, 1.82) is 0 Å². The standard InChI is InChI=1S/C20H20BrN3O7P2/c1-10(24(28)29)4-5-11(2)31-20(27)23-17(12-6-7-14(32)15(33)8-12)16(18(25)30-3)13(9-21)22-19(23)26/h4-8,17H,1-2,9,32-33H2,3H3,(H,22,26)/b5-4-. The number of hydrogen-bond donors (Lipinski definition) is 1. The van der Waals surface area contributed by atoms with Gasteiger partial charge in [-0.15, -0.1) is 18.5 Å². The number of hydrogen-bond acceptors (Lipinski definition) is 7. The fourth-order valence-electron chi connectivity index (χ4n) is 2.83. The number of ether oxygens (including phenoxy) is 2. The lowest BCUT2D eigenvalue weighted by molar-refractivity contribution is -0.418. The van der Waals surface area contributed by atoms with Gasteiger partial charge in [0.25, 0.3) is 5.70 Å². The Balaban J connectivity index is 2.53. The number of carbonyl (C=O) groups excluding carboxylic acids is 3. The molecule has 1 aliphatic heterocycles. The minimum atomic E-state index is -1.18. The molecule has 174 valence electrons. The van der Waals surface area contributed by atoms with Crippen molar-refractivity contribution in [2.75, 3.05) is 12.4 Å². The maximum atomic E-state index is 13.0. The second-order valence-corrected chi connectivity index (χ2v) is 8.33. The van der Waals surface area contributed by atoms with Crippen LogP contribution in [0.3, 0.4) is 0 Å². The molecule has 3 unspecified atom stereocenters. The molecule has 1 N–H and O–H groups in total. The highest BCUT2D eigenvalue weighted by Crippen LogP contribution is 2.35. The summed E-state index contributed by atoms with van der Waals surface area (Å²) in [6, 6.07) is 3.07. The topological polar surface area (TPSA) is 128 Å². The number of alkyl halides is 1. The van der Waals surface area contributed by atoms with Gasteiger partial charge < -0.3 is 14.8 Å². The number of methoxy groups -OCH3 is 1. The lowest BCUT2D eigenvalue weighted by Gasteiger charge is -2.36. The van der Waals surface area contributed by atoms with Crippen molar-refractivity contribution in [3.05, 3.63) is 81.9 Å². The maximum absolute atomic E-state index is 13.0. The van der Waals surface area contributed by atoms with Crippen molar-refractivity contribution in [2.24, 2.45) is 0 Å². The summed E-state index contributed by atoms with van der Waals surface area (Å²) in [6.07, 6.45) is 0.892. The summed E-state index contributed by atoms with van der Waals surface area (Å²) >= 11 is 3.24. The second-order valence-electron chi connectivity index (χ2n) is 6.52. The number of rotatable bonds is 7. The number of benzene rings is 1. The molecule has 0 radical (unpaired) electrons. The van der Waals surface area contributed by atoms with Crippen molar-refractivity contribution in [3.8, 4) is 0 Å². The fourth-order valence-corrected chi connectivity index (χ4v) is 3.74. The molecule has 0 fully saturated rings. The van der Waals surface area contributed by atoms with Crippen LogP contribution < -0.4 is 15.9 Å². The second kappa shape index (κ2) is 11.3. The molecule has 1 aromatic carbocycles. The van der Waals surface area contributed by atoms with Gasteiger partial charge in [-0.25, -0.2) is 19.3 Å². The Morgan fingerprint density at radius 2 is 1.97 bits per heavy atom. The van der Waals surface area contributed by atoms with Crippen LogP contribution in [0, 0.1) is 10.1 Å². The van der Waals surface area contributed by atoms with E-state index in [1.165, 1.54) is 7.11 Å². The molecule has 0 spiro atoms. The van der Waals surface area contributed by atoms with Gasteiger partial charge in [-0.05, 0) is 34.9 Å². The maximum Gasteiger partial charge on any atom is 0.424 e. The molecule has 33 heavy (non-hydrogen) atoms. The predicted octanol–water partition coefficient (Wildman–Crippen LogP) is 2.57. The van der Waals surface area contributed by atoms with Gasteiger partial charge in [-0.2, -0.15) is 0 Å². The number of imide groups is 1. The summed E-state index contributed by atoms with van der Waals surface area (Å²) < 4.78 is 10.0. The smallest absolute Gasteiger partial charge is 0.424 e. The Morgan fingerprint density at radius 3 is 2.52 bits per heavy atom. The Bertz CT molecular complexity index is 1120. The minimum Gasteiger partial charge on any atom is -0.466 e. The third kappa shape index (κ3) is 6.13. The Morgan fingerprint density at radius 1 is 1.30 bits per heavy atom. The van der Waals surface area contributed by atoms with Crippen LogP contribution in [0.1, 0.15) is 11.6 Å². The van der Waals surface area contributed by atoms with E-state index < -0.39 is 34.8 Å². The normalized spacial score (nSPS) is 15.8. The zero-order chi connectivity index (χ0) is 24.9. The van der Waals surface area contributed by atoms with Gasteiger partial charge in [0.2, 0.25) is 0 Å². The van der Waals surface area contributed by atoms with Gasteiger partial charge in [0, 0.05) is 17.1 Å². The average Bonchev–Trinajstić information content (AvgIpc) is 2.77. The van der Waals surface area contributed by atoms with Gasteiger partial charge in [0.05, 0.1) is 17.6 Å². The third-order valence-electron chi connectivity index (χ3n) is 4.41. The number of nitrogens with zero attached hydrogens (tertiary/aromatic N) is 2. The molecule has 13 heteroatoms. The number of carbonyl (C=O) groups is 3. The summed E-state index contributed by atoms with van der Waals surface area (Å²) in [5, 5.41) is 14.9. The van der Waals surface area contributed by atoms with E-state index in [0.717, 1.165) is 22.8 Å². The summed E-state index contributed by atoms with van der Waals surface area (Å²) in [7, 11) is 6.25.